The van der Waals surface area contributed by atoms with Crippen molar-refractivity contribution in [3.05, 3.63) is 35.4 Å². The topological polar surface area (TPSA) is 32.7 Å². The van der Waals surface area contributed by atoms with E-state index in [1.54, 1.807) is 6.92 Å². The molecule has 0 saturated heterocycles. The van der Waals surface area contributed by atoms with Crippen LogP contribution in [0.1, 0.15) is 18.1 Å². The smallest absolute Gasteiger partial charge is 0.386 e. The first-order chi connectivity index (χ1) is 11.5. The molecule has 1 aliphatic rings. The van der Waals surface area contributed by atoms with Gasteiger partial charge in [0.15, 0.2) is 0 Å². The summed E-state index contributed by atoms with van der Waals surface area (Å²) >= 11 is 0. The minimum Gasteiger partial charge on any atom is -0.386 e. The highest BCUT2D eigenvalue weighted by Crippen LogP contribution is 2.46. The van der Waals surface area contributed by atoms with Crippen molar-refractivity contribution in [2.75, 3.05) is 25.2 Å². The summed E-state index contributed by atoms with van der Waals surface area (Å²) in [5, 5.41) is 10.2. The average molecular weight is 369 g/mol. The SMILES string of the molecule is CCOCC(O)C1=CC(C(F)(F)F)N(C)c2c1cccc2C(F)(F)F. The second-order valence-electron chi connectivity index (χ2n) is 5.59. The van der Waals surface area contributed by atoms with Gasteiger partial charge in [0, 0.05) is 19.2 Å². The number of likely N-dealkylation sites (N-methyl/N-ethyl adjacent to an activating group) is 1. The molecule has 0 aliphatic carbocycles. The van der Waals surface area contributed by atoms with Crippen LogP contribution < -0.4 is 4.90 Å². The zero-order valence-electron chi connectivity index (χ0n) is 13.4. The van der Waals surface area contributed by atoms with Gasteiger partial charge in [0.05, 0.1) is 17.9 Å². The van der Waals surface area contributed by atoms with Gasteiger partial charge < -0.3 is 14.7 Å². The molecule has 25 heavy (non-hydrogen) atoms. The Kier molecular flexibility index (Phi) is 5.38. The van der Waals surface area contributed by atoms with Crippen LogP contribution in [0.25, 0.3) is 5.57 Å². The van der Waals surface area contributed by atoms with Crippen LogP contribution in [0.5, 0.6) is 0 Å². The van der Waals surface area contributed by atoms with Gasteiger partial charge in [-0.05, 0) is 24.6 Å². The highest BCUT2D eigenvalue weighted by Gasteiger charge is 2.47. The number of hydrogen-bond acceptors (Lipinski definition) is 3. The van der Waals surface area contributed by atoms with E-state index in [0.717, 1.165) is 25.3 Å². The van der Waals surface area contributed by atoms with Crippen molar-refractivity contribution in [2.24, 2.45) is 0 Å². The van der Waals surface area contributed by atoms with Gasteiger partial charge in [-0.2, -0.15) is 26.3 Å². The maximum Gasteiger partial charge on any atom is 0.418 e. The largest absolute Gasteiger partial charge is 0.418 e. The molecule has 0 bridgehead atoms. The predicted molar refractivity (Wildman–Crippen MR) is 80.2 cm³/mol. The Labute approximate surface area is 140 Å². The van der Waals surface area contributed by atoms with E-state index in [1.165, 1.54) is 6.07 Å². The monoisotopic (exact) mass is 369 g/mol. The van der Waals surface area contributed by atoms with Crippen molar-refractivity contribution in [3.63, 3.8) is 0 Å². The first-order valence-corrected chi connectivity index (χ1v) is 7.46. The van der Waals surface area contributed by atoms with Crippen molar-refractivity contribution in [2.45, 2.75) is 31.4 Å². The Bertz CT molecular complexity index is 653. The fraction of sp³-hybridized carbons (Fsp3) is 0.500. The molecule has 0 radical (unpaired) electrons. The van der Waals surface area contributed by atoms with Crippen LogP contribution in [0.15, 0.2) is 24.3 Å². The number of nitrogens with zero attached hydrogens (tertiary/aromatic N) is 1. The second-order valence-corrected chi connectivity index (χ2v) is 5.59. The van der Waals surface area contributed by atoms with Crippen LogP contribution in [-0.2, 0) is 10.9 Å². The molecule has 9 heteroatoms. The fourth-order valence-electron chi connectivity index (χ4n) is 2.82. The third-order valence-electron chi connectivity index (χ3n) is 3.93. The van der Waals surface area contributed by atoms with Gasteiger partial charge in [0.1, 0.15) is 12.1 Å². The maximum absolute atomic E-state index is 13.3. The Morgan fingerprint density at radius 3 is 2.36 bits per heavy atom. The van der Waals surface area contributed by atoms with Crippen LogP contribution in [0.3, 0.4) is 0 Å². The number of alkyl halides is 6. The highest BCUT2D eigenvalue weighted by atomic mass is 19.4. The number of halogens is 6. The molecule has 0 saturated carbocycles. The number of aliphatic hydroxyl groups is 1. The van der Waals surface area contributed by atoms with E-state index < -0.39 is 35.7 Å². The van der Waals surface area contributed by atoms with E-state index >= 15 is 0 Å². The number of hydrogen-bond donors (Lipinski definition) is 1. The van der Waals surface area contributed by atoms with E-state index in [2.05, 4.69) is 0 Å². The first-order valence-electron chi connectivity index (χ1n) is 7.46. The van der Waals surface area contributed by atoms with Crippen molar-refractivity contribution in [1.29, 1.82) is 0 Å². The lowest BCUT2D eigenvalue weighted by atomic mass is 9.89. The van der Waals surface area contributed by atoms with Crippen LogP contribution in [0.2, 0.25) is 0 Å². The molecule has 0 aromatic heterocycles. The Morgan fingerprint density at radius 1 is 1.20 bits per heavy atom. The average Bonchev–Trinajstić information content (AvgIpc) is 2.50. The molecule has 0 amide bonds. The number of benzene rings is 1. The van der Waals surface area contributed by atoms with Gasteiger partial charge in [-0.25, -0.2) is 0 Å². The molecule has 1 aliphatic heterocycles. The minimum absolute atomic E-state index is 0.0926. The number of para-hydroxylation sites is 1. The number of fused-ring (bicyclic) bond motifs is 1. The van der Waals surface area contributed by atoms with Gasteiger partial charge in [-0.3, -0.25) is 0 Å². The molecule has 1 heterocycles. The molecule has 0 spiro atoms. The molecule has 2 rings (SSSR count). The summed E-state index contributed by atoms with van der Waals surface area (Å²) in [6, 6.07) is 0.801. The van der Waals surface area contributed by atoms with E-state index in [0.29, 0.717) is 4.90 Å². The molecule has 1 aromatic carbocycles. The minimum atomic E-state index is -4.83. The zero-order chi connectivity index (χ0) is 19.0. The molecular formula is C16H17F6NO2. The number of rotatable bonds is 4. The Morgan fingerprint density at radius 2 is 1.84 bits per heavy atom. The molecule has 140 valence electrons. The number of aliphatic hydroxyl groups excluding tert-OH is 1. The van der Waals surface area contributed by atoms with Crippen LogP contribution in [0, 0.1) is 0 Å². The summed E-state index contributed by atoms with van der Waals surface area (Å²) in [5.74, 6) is 0. The molecule has 3 nitrogen and oxygen atoms in total. The summed E-state index contributed by atoms with van der Waals surface area (Å²) in [7, 11) is 0.953. The third kappa shape index (κ3) is 3.92. The van der Waals surface area contributed by atoms with Crippen molar-refractivity contribution in [1.82, 2.24) is 0 Å². The molecule has 2 unspecified atom stereocenters. The zero-order valence-corrected chi connectivity index (χ0v) is 13.4. The second kappa shape index (κ2) is 6.87. The summed E-state index contributed by atoms with van der Waals surface area (Å²) in [5.41, 5.74) is -2.11. The molecule has 1 N–H and O–H groups in total. The molecule has 2 atom stereocenters. The lowest BCUT2D eigenvalue weighted by Crippen LogP contribution is -2.46. The lowest BCUT2D eigenvalue weighted by Gasteiger charge is -2.38. The van der Waals surface area contributed by atoms with E-state index in [4.69, 9.17) is 4.74 Å². The quantitative estimate of drug-likeness (QED) is 0.818. The fourth-order valence-corrected chi connectivity index (χ4v) is 2.82. The van der Waals surface area contributed by atoms with E-state index in [9.17, 15) is 31.4 Å². The first kappa shape index (κ1) is 19.6. The van der Waals surface area contributed by atoms with Crippen molar-refractivity contribution in [3.8, 4) is 0 Å². The maximum atomic E-state index is 13.3. The van der Waals surface area contributed by atoms with Crippen molar-refractivity contribution < 1.29 is 36.2 Å². The third-order valence-corrected chi connectivity index (χ3v) is 3.93. The molecular weight excluding hydrogens is 352 g/mol. The van der Waals surface area contributed by atoms with Gasteiger partial charge in [-0.15, -0.1) is 0 Å². The van der Waals surface area contributed by atoms with Gasteiger partial charge >= 0.3 is 12.4 Å². The summed E-state index contributed by atoms with van der Waals surface area (Å²) in [6.45, 7) is 1.53. The lowest BCUT2D eigenvalue weighted by molar-refractivity contribution is -0.142. The van der Waals surface area contributed by atoms with E-state index in [-0.39, 0.29) is 24.4 Å². The van der Waals surface area contributed by atoms with E-state index in [1.807, 2.05) is 0 Å². The van der Waals surface area contributed by atoms with Crippen LogP contribution in [-0.4, -0.2) is 43.7 Å². The highest BCUT2D eigenvalue weighted by molar-refractivity contribution is 5.85. The van der Waals surface area contributed by atoms with Crippen LogP contribution in [0.4, 0.5) is 32.0 Å². The summed E-state index contributed by atoms with van der Waals surface area (Å²) in [6.07, 6.45) is -10.4. The normalized spacial score (nSPS) is 19.5. The predicted octanol–water partition coefficient (Wildman–Crippen LogP) is 3.87. The van der Waals surface area contributed by atoms with Gasteiger partial charge in [-0.1, -0.05) is 12.1 Å². The van der Waals surface area contributed by atoms with Gasteiger partial charge in [0.2, 0.25) is 0 Å². The Hall–Kier alpha value is -1.74. The van der Waals surface area contributed by atoms with Gasteiger partial charge in [0.25, 0.3) is 0 Å². The molecule has 1 aromatic rings. The number of ether oxygens (including phenoxy) is 1. The standard InChI is InChI=1S/C16H17F6NO2/c1-3-25-8-12(24)10-7-13(16(20,21)22)23(2)14-9(10)5-4-6-11(14)15(17,18)19/h4-7,12-13,24H,3,8H2,1-2H3. The molecule has 0 fully saturated rings. The summed E-state index contributed by atoms with van der Waals surface area (Å²) in [4.78, 5) is 0.537. The summed E-state index contributed by atoms with van der Waals surface area (Å²) < 4.78 is 84.8. The van der Waals surface area contributed by atoms with Crippen LogP contribution >= 0.6 is 0 Å². The number of anilines is 1. The Balaban J connectivity index is 2.65. The van der Waals surface area contributed by atoms with Crippen molar-refractivity contribution >= 4 is 11.3 Å².